The lowest BCUT2D eigenvalue weighted by Gasteiger charge is -2.08. The van der Waals surface area contributed by atoms with Gasteiger partial charge in [-0.05, 0) is 19.1 Å². The summed E-state index contributed by atoms with van der Waals surface area (Å²) in [5, 5.41) is 5.23. The number of halogens is 2. The van der Waals surface area contributed by atoms with Crippen molar-refractivity contribution in [3.05, 3.63) is 58.1 Å². The first-order valence-electron chi connectivity index (χ1n) is 6.10. The van der Waals surface area contributed by atoms with Crippen molar-refractivity contribution in [2.24, 2.45) is 5.16 Å². The Kier molecular flexibility index (Phi) is 5.32. The van der Waals surface area contributed by atoms with E-state index >= 15 is 0 Å². The summed E-state index contributed by atoms with van der Waals surface area (Å²) < 4.78 is 0. The van der Waals surface area contributed by atoms with Gasteiger partial charge >= 0.3 is 0 Å². The van der Waals surface area contributed by atoms with Crippen molar-refractivity contribution in [3.63, 3.8) is 0 Å². The molecular formula is C14H13Cl2N3O. The van der Waals surface area contributed by atoms with Gasteiger partial charge in [-0.1, -0.05) is 34.4 Å². The van der Waals surface area contributed by atoms with Crippen LogP contribution >= 0.6 is 23.2 Å². The van der Waals surface area contributed by atoms with Gasteiger partial charge in [-0.15, -0.1) is 0 Å². The number of hydrogen-bond acceptors (Lipinski definition) is 4. The smallest absolute Gasteiger partial charge is 0.114 e. The molecule has 0 fully saturated rings. The minimum Gasteiger partial charge on any atom is -0.396 e. The van der Waals surface area contributed by atoms with Crippen molar-refractivity contribution < 1.29 is 4.84 Å². The molecule has 1 aromatic heterocycles. The Labute approximate surface area is 127 Å². The monoisotopic (exact) mass is 309 g/mol. The van der Waals surface area contributed by atoms with E-state index in [1.54, 1.807) is 30.7 Å². The summed E-state index contributed by atoms with van der Waals surface area (Å²) in [6.45, 7) is 2.35. The van der Waals surface area contributed by atoms with Gasteiger partial charge in [0, 0.05) is 35.6 Å². The molecule has 4 nitrogen and oxygen atoms in total. The fourth-order valence-electron chi connectivity index (χ4n) is 1.64. The van der Waals surface area contributed by atoms with Crippen molar-refractivity contribution in [2.45, 2.75) is 13.3 Å². The van der Waals surface area contributed by atoms with Crippen molar-refractivity contribution in [3.8, 4) is 0 Å². The van der Waals surface area contributed by atoms with Crippen LogP contribution in [0.5, 0.6) is 0 Å². The summed E-state index contributed by atoms with van der Waals surface area (Å²) in [5.41, 5.74) is 2.25. The minimum absolute atomic E-state index is 0.481. The largest absolute Gasteiger partial charge is 0.396 e. The van der Waals surface area contributed by atoms with Crippen LogP contribution in [0.2, 0.25) is 10.0 Å². The van der Waals surface area contributed by atoms with Gasteiger partial charge in [-0.25, -0.2) is 0 Å². The summed E-state index contributed by atoms with van der Waals surface area (Å²) in [6.07, 6.45) is 5.43. The first kappa shape index (κ1) is 14.8. The maximum absolute atomic E-state index is 6.21. The Morgan fingerprint density at radius 3 is 2.80 bits per heavy atom. The molecule has 0 atom stereocenters. The second-order valence-corrected chi connectivity index (χ2v) is 4.80. The Hall–Kier alpha value is -1.65. The average Bonchev–Trinajstić information content (AvgIpc) is 2.45. The number of hydrogen-bond donors (Lipinski definition) is 0. The molecule has 0 saturated heterocycles. The third-order valence-corrected chi connectivity index (χ3v) is 3.06. The maximum Gasteiger partial charge on any atom is 0.114 e. The van der Waals surface area contributed by atoms with Gasteiger partial charge in [-0.3, -0.25) is 9.97 Å². The molecule has 1 aromatic carbocycles. The molecule has 0 radical (unpaired) electrons. The average molecular weight is 310 g/mol. The van der Waals surface area contributed by atoms with Crippen molar-refractivity contribution in [2.75, 3.05) is 6.61 Å². The molecular weight excluding hydrogens is 297 g/mol. The lowest BCUT2D eigenvalue weighted by Crippen LogP contribution is -2.09. The molecule has 0 saturated carbocycles. The molecule has 104 valence electrons. The summed E-state index contributed by atoms with van der Waals surface area (Å²) in [4.78, 5) is 13.4. The maximum atomic E-state index is 6.21. The zero-order valence-corrected chi connectivity index (χ0v) is 12.4. The molecule has 0 aliphatic rings. The molecule has 0 unspecified atom stereocenters. The van der Waals surface area contributed by atoms with Crippen LogP contribution in [0.15, 0.2) is 41.9 Å². The highest BCUT2D eigenvalue weighted by Gasteiger charge is 2.12. The quantitative estimate of drug-likeness (QED) is 0.624. The highest BCUT2D eigenvalue weighted by Crippen LogP contribution is 2.22. The minimum atomic E-state index is 0.481. The number of oxime groups is 1. The van der Waals surface area contributed by atoms with E-state index < -0.39 is 0 Å². The van der Waals surface area contributed by atoms with Crippen molar-refractivity contribution in [1.29, 1.82) is 0 Å². The molecule has 0 aliphatic carbocycles. The van der Waals surface area contributed by atoms with Gasteiger partial charge < -0.3 is 4.84 Å². The van der Waals surface area contributed by atoms with Crippen LogP contribution < -0.4 is 0 Å². The van der Waals surface area contributed by atoms with Crippen LogP contribution in [-0.4, -0.2) is 22.3 Å². The number of aromatic nitrogens is 2. The van der Waals surface area contributed by atoms with Gasteiger partial charge in [0.1, 0.15) is 6.61 Å². The third kappa shape index (κ3) is 3.92. The Bertz CT molecular complexity index is 603. The standard InChI is InChI=1S/C14H13Cl2N3O/c1-2-20-19-14(8-11-9-17-5-6-18-11)12-4-3-10(15)7-13(12)16/h3-7,9H,2,8H2,1H3. The van der Waals surface area contributed by atoms with Crippen molar-refractivity contribution in [1.82, 2.24) is 9.97 Å². The zero-order chi connectivity index (χ0) is 14.4. The highest BCUT2D eigenvalue weighted by atomic mass is 35.5. The van der Waals surface area contributed by atoms with E-state index in [0.717, 1.165) is 11.3 Å². The first-order valence-corrected chi connectivity index (χ1v) is 6.85. The third-order valence-electron chi connectivity index (χ3n) is 2.51. The normalized spacial score (nSPS) is 11.4. The van der Waals surface area contributed by atoms with Crippen LogP contribution in [0.3, 0.4) is 0 Å². The molecule has 6 heteroatoms. The second kappa shape index (κ2) is 7.22. The van der Waals surface area contributed by atoms with E-state index in [-0.39, 0.29) is 0 Å². The SMILES string of the molecule is CCON=C(Cc1cnccn1)c1ccc(Cl)cc1Cl. The van der Waals surface area contributed by atoms with E-state index in [0.29, 0.717) is 28.8 Å². The number of benzene rings is 1. The molecule has 1 heterocycles. The Balaban J connectivity index is 2.32. The van der Waals surface area contributed by atoms with E-state index in [1.165, 1.54) is 0 Å². The van der Waals surface area contributed by atoms with Crippen molar-refractivity contribution >= 4 is 28.9 Å². The molecule has 0 bridgehead atoms. The molecule has 20 heavy (non-hydrogen) atoms. The summed E-state index contributed by atoms with van der Waals surface area (Å²) in [6, 6.07) is 5.26. The molecule has 0 amide bonds. The van der Waals surface area contributed by atoms with E-state index in [2.05, 4.69) is 15.1 Å². The number of nitrogens with zero attached hydrogens (tertiary/aromatic N) is 3. The zero-order valence-electron chi connectivity index (χ0n) is 10.9. The fraction of sp³-hybridized carbons (Fsp3) is 0.214. The van der Waals surface area contributed by atoms with E-state index in [1.807, 2.05) is 13.0 Å². The predicted octanol–water partition coefficient (Wildman–Crippen LogP) is 3.77. The van der Waals surface area contributed by atoms with Crippen LogP contribution in [0.25, 0.3) is 0 Å². The summed E-state index contributed by atoms with van der Waals surface area (Å²) in [5.74, 6) is 0. The first-order chi connectivity index (χ1) is 9.70. The molecule has 0 N–H and O–H groups in total. The fourth-order valence-corrected chi connectivity index (χ4v) is 2.15. The molecule has 0 aliphatic heterocycles. The van der Waals surface area contributed by atoms with Gasteiger partial charge in [0.2, 0.25) is 0 Å². The Morgan fingerprint density at radius 1 is 1.30 bits per heavy atom. The lowest BCUT2D eigenvalue weighted by atomic mass is 10.1. The van der Waals surface area contributed by atoms with Gasteiger partial charge in [-0.2, -0.15) is 0 Å². The molecule has 2 rings (SSSR count). The van der Waals surface area contributed by atoms with Crippen LogP contribution in [0, 0.1) is 0 Å². The van der Waals surface area contributed by atoms with E-state index in [4.69, 9.17) is 28.0 Å². The van der Waals surface area contributed by atoms with E-state index in [9.17, 15) is 0 Å². The summed E-state index contributed by atoms with van der Waals surface area (Å²) in [7, 11) is 0. The van der Waals surface area contributed by atoms with Gasteiger partial charge in [0.05, 0.1) is 16.4 Å². The van der Waals surface area contributed by atoms with Crippen LogP contribution in [-0.2, 0) is 11.3 Å². The molecule has 0 spiro atoms. The number of rotatable bonds is 5. The van der Waals surface area contributed by atoms with Crippen LogP contribution in [0.4, 0.5) is 0 Å². The Morgan fingerprint density at radius 2 is 2.15 bits per heavy atom. The highest BCUT2D eigenvalue weighted by molar-refractivity contribution is 6.37. The second-order valence-electron chi connectivity index (χ2n) is 3.95. The van der Waals surface area contributed by atoms with Crippen LogP contribution in [0.1, 0.15) is 18.2 Å². The predicted molar refractivity (Wildman–Crippen MR) is 80.4 cm³/mol. The lowest BCUT2D eigenvalue weighted by molar-refractivity contribution is 0.158. The van der Waals surface area contributed by atoms with Gasteiger partial charge in [0.25, 0.3) is 0 Å². The molecule has 2 aromatic rings. The van der Waals surface area contributed by atoms with Gasteiger partial charge in [0.15, 0.2) is 0 Å². The summed E-state index contributed by atoms with van der Waals surface area (Å²) >= 11 is 12.1. The topological polar surface area (TPSA) is 47.4 Å².